The summed E-state index contributed by atoms with van der Waals surface area (Å²) in [4.78, 5) is 8.50. The van der Waals surface area contributed by atoms with Gasteiger partial charge < -0.3 is 23.2 Å². The van der Waals surface area contributed by atoms with Crippen LogP contribution in [0.15, 0.2) is 85.5 Å². The molecule has 0 unspecified atom stereocenters. The molecule has 0 atom stereocenters. The van der Waals surface area contributed by atoms with Crippen LogP contribution in [-0.4, -0.2) is 23.7 Å². The summed E-state index contributed by atoms with van der Waals surface area (Å²) in [7, 11) is 3.75. The molecule has 0 bridgehead atoms. The molecule has 0 spiro atoms. The fourth-order valence-electron chi connectivity index (χ4n) is 4.09. The molecule has 0 aliphatic rings. The molecule has 168 valence electrons. The highest BCUT2D eigenvalue weighted by atomic mass is 19.1. The van der Waals surface area contributed by atoms with Crippen LogP contribution in [0, 0.1) is 5.82 Å². The molecule has 0 saturated heterocycles. The molecule has 6 rings (SSSR count). The molecule has 34 heavy (non-hydrogen) atoms. The highest BCUT2D eigenvalue weighted by Crippen LogP contribution is 2.37. The second-order valence-electron chi connectivity index (χ2n) is 8.02. The van der Waals surface area contributed by atoms with E-state index in [2.05, 4.69) is 14.5 Å². The molecule has 6 aromatic rings. The molecule has 0 fully saturated rings. The topological polar surface area (TPSA) is 59.0 Å². The molecule has 7 nitrogen and oxygen atoms in total. The standard InChI is InChI=1S/C26H20FN5O2/c1-30-13-11-28-25(30)33-19-7-9-23-21(15-19)22-16-20(34-26-29-12-14-31(26)2)8-10-24(22)32(23)18-5-3-17(27)4-6-18/h3-16H,1-2H3. The van der Waals surface area contributed by atoms with E-state index in [1.165, 1.54) is 12.1 Å². The van der Waals surface area contributed by atoms with E-state index < -0.39 is 0 Å². The summed E-state index contributed by atoms with van der Waals surface area (Å²) in [5.41, 5.74) is 2.78. The van der Waals surface area contributed by atoms with Crippen molar-refractivity contribution in [3.05, 3.63) is 91.3 Å². The number of aryl methyl sites for hydroxylation is 2. The molecule has 0 aliphatic carbocycles. The number of aromatic nitrogens is 5. The molecule has 0 radical (unpaired) electrons. The maximum Gasteiger partial charge on any atom is 0.301 e. The molecule has 3 aromatic carbocycles. The first-order valence-electron chi connectivity index (χ1n) is 10.7. The first-order chi connectivity index (χ1) is 16.6. The first kappa shape index (κ1) is 20.0. The van der Waals surface area contributed by atoms with E-state index in [0.29, 0.717) is 23.5 Å². The second-order valence-corrected chi connectivity index (χ2v) is 8.02. The minimum atomic E-state index is -0.277. The fraction of sp³-hybridized carbons (Fsp3) is 0.0769. The number of benzene rings is 3. The molecular formula is C26H20FN5O2. The van der Waals surface area contributed by atoms with Gasteiger partial charge in [-0.2, -0.15) is 0 Å². The van der Waals surface area contributed by atoms with Crippen LogP contribution in [-0.2, 0) is 14.1 Å². The van der Waals surface area contributed by atoms with Crippen LogP contribution in [0.1, 0.15) is 0 Å². The third kappa shape index (κ3) is 3.36. The highest BCUT2D eigenvalue weighted by molar-refractivity contribution is 6.10. The Morgan fingerprint density at radius 1 is 0.676 bits per heavy atom. The van der Waals surface area contributed by atoms with E-state index in [4.69, 9.17) is 9.47 Å². The van der Waals surface area contributed by atoms with Crippen LogP contribution in [0.2, 0.25) is 0 Å². The van der Waals surface area contributed by atoms with Crippen molar-refractivity contribution in [2.45, 2.75) is 0 Å². The average Bonchev–Trinajstić information content (AvgIpc) is 3.52. The number of imidazole rings is 2. The maximum absolute atomic E-state index is 13.6. The smallest absolute Gasteiger partial charge is 0.301 e. The van der Waals surface area contributed by atoms with E-state index in [1.54, 1.807) is 24.5 Å². The fourth-order valence-corrected chi connectivity index (χ4v) is 4.09. The van der Waals surface area contributed by atoms with Crippen molar-refractivity contribution >= 4 is 21.8 Å². The van der Waals surface area contributed by atoms with E-state index >= 15 is 0 Å². The van der Waals surface area contributed by atoms with Gasteiger partial charge in [-0.15, -0.1) is 0 Å². The third-order valence-corrected chi connectivity index (χ3v) is 5.77. The second kappa shape index (κ2) is 7.77. The van der Waals surface area contributed by atoms with Crippen molar-refractivity contribution in [1.29, 1.82) is 0 Å². The van der Waals surface area contributed by atoms with Gasteiger partial charge in [-0.3, -0.25) is 0 Å². The molecular weight excluding hydrogens is 433 g/mol. The van der Waals surface area contributed by atoms with Gasteiger partial charge in [0.05, 0.1) is 11.0 Å². The Kier molecular flexibility index (Phi) is 4.58. The number of hydrogen-bond acceptors (Lipinski definition) is 4. The minimum absolute atomic E-state index is 0.277. The number of nitrogens with zero attached hydrogens (tertiary/aromatic N) is 5. The number of ether oxygens (including phenoxy) is 2. The van der Waals surface area contributed by atoms with Crippen molar-refractivity contribution in [3.8, 4) is 29.2 Å². The maximum atomic E-state index is 13.6. The van der Waals surface area contributed by atoms with Crippen LogP contribution < -0.4 is 9.47 Å². The zero-order chi connectivity index (χ0) is 23.2. The number of rotatable bonds is 5. The lowest BCUT2D eigenvalue weighted by Crippen LogP contribution is -1.95. The van der Waals surface area contributed by atoms with Gasteiger partial charge in [-0.1, -0.05) is 0 Å². The zero-order valence-electron chi connectivity index (χ0n) is 18.5. The van der Waals surface area contributed by atoms with Crippen molar-refractivity contribution in [3.63, 3.8) is 0 Å². The van der Waals surface area contributed by atoms with Gasteiger partial charge in [0.15, 0.2) is 0 Å². The number of halogens is 1. The van der Waals surface area contributed by atoms with Crippen molar-refractivity contribution in [2.24, 2.45) is 14.1 Å². The summed E-state index contributed by atoms with van der Waals surface area (Å²) in [6.07, 6.45) is 7.04. The Bertz CT molecular complexity index is 1550. The summed E-state index contributed by atoms with van der Waals surface area (Å²) in [5.74, 6) is 1.05. The Morgan fingerprint density at radius 3 is 1.62 bits per heavy atom. The average molecular weight is 453 g/mol. The molecule has 0 N–H and O–H groups in total. The van der Waals surface area contributed by atoms with E-state index in [9.17, 15) is 4.39 Å². The van der Waals surface area contributed by atoms with Crippen molar-refractivity contribution in [2.75, 3.05) is 0 Å². The quantitative estimate of drug-likeness (QED) is 0.322. The lowest BCUT2D eigenvalue weighted by molar-refractivity contribution is 0.425. The van der Waals surface area contributed by atoms with E-state index in [1.807, 2.05) is 72.0 Å². The van der Waals surface area contributed by atoms with Gasteiger partial charge in [-0.25, -0.2) is 14.4 Å². The lowest BCUT2D eigenvalue weighted by Gasteiger charge is -2.09. The Morgan fingerprint density at radius 2 is 1.18 bits per heavy atom. The van der Waals surface area contributed by atoms with Crippen LogP contribution in [0.3, 0.4) is 0 Å². The van der Waals surface area contributed by atoms with Crippen LogP contribution in [0.5, 0.6) is 23.5 Å². The zero-order valence-corrected chi connectivity index (χ0v) is 18.5. The lowest BCUT2D eigenvalue weighted by atomic mass is 10.1. The molecule has 0 aliphatic heterocycles. The van der Waals surface area contributed by atoms with E-state index in [-0.39, 0.29) is 5.82 Å². The summed E-state index contributed by atoms with van der Waals surface area (Å²) < 4.78 is 31.4. The van der Waals surface area contributed by atoms with Gasteiger partial charge in [0, 0.05) is 55.3 Å². The summed E-state index contributed by atoms with van der Waals surface area (Å²) in [6.45, 7) is 0. The number of fused-ring (bicyclic) bond motifs is 3. The van der Waals surface area contributed by atoms with Crippen LogP contribution >= 0.6 is 0 Å². The molecule has 0 saturated carbocycles. The predicted octanol–water partition coefficient (Wildman–Crippen LogP) is 5.97. The normalized spacial score (nSPS) is 11.4. The van der Waals surface area contributed by atoms with Crippen LogP contribution in [0.4, 0.5) is 4.39 Å². The van der Waals surface area contributed by atoms with Gasteiger partial charge in [0.25, 0.3) is 0 Å². The minimum Gasteiger partial charge on any atom is -0.426 e. The predicted molar refractivity (Wildman–Crippen MR) is 127 cm³/mol. The summed E-state index contributed by atoms with van der Waals surface area (Å²) in [6, 6.07) is 19.2. The Balaban J connectivity index is 1.54. The van der Waals surface area contributed by atoms with Crippen LogP contribution in [0.25, 0.3) is 27.5 Å². The van der Waals surface area contributed by atoms with Crippen molar-refractivity contribution < 1.29 is 13.9 Å². The molecule has 3 aromatic heterocycles. The third-order valence-electron chi connectivity index (χ3n) is 5.77. The van der Waals surface area contributed by atoms with E-state index in [0.717, 1.165) is 27.5 Å². The monoisotopic (exact) mass is 453 g/mol. The van der Waals surface area contributed by atoms with Gasteiger partial charge in [-0.05, 0) is 60.7 Å². The highest BCUT2D eigenvalue weighted by Gasteiger charge is 2.16. The number of hydrogen-bond donors (Lipinski definition) is 0. The summed E-state index contributed by atoms with van der Waals surface area (Å²) >= 11 is 0. The van der Waals surface area contributed by atoms with Gasteiger partial charge in [0.1, 0.15) is 17.3 Å². The SMILES string of the molecule is Cn1ccnc1Oc1ccc2c(c1)c1cc(Oc3nccn3C)ccc1n2-c1ccc(F)cc1. The molecule has 0 amide bonds. The first-order valence-corrected chi connectivity index (χ1v) is 10.7. The van der Waals surface area contributed by atoms with Gasteiger partial charge >= 0.3 is 12.0 Å². The molecule has 8 heteroatoms. The summed E-state index contributed by atoms with van der Waals surface area (Å²) in [5, 5.41) is 1.94. The Hall–Kier alpha value is -4.59. The Labute approximate surface area is 194 Å². The van der Waals surface area contributed by atoms with Gasteiger partial charge in [0.2, 0.25) is 0 Å². The molecule has 3 heterocycles. The largest absolute Gasteiger partial charge is 0.426 e. The van der Waals surface area contributed by atoms with Crippen molar-refractivity contribution in [1.82, 2.24) is 23.7 Å².